The minimum atomic E-state index is 0.317. The molecule has 0 atom stereocenters. The first-order valence-electron chi connectivity index (χ1n) is 6.87. The highest BCUT2D eigenvalue weighted by Crippen LogP contribution is 2.22. The van der Waals surface area contributed by atoms with Gasteiger partial charge in [0.15, 0.2) is 5.69 Å². The predicted octanol–water partition coefficient (Wildman–Crippen LogP) is 3.64. The molecule has 0 radical (unpaired) electrons. The summed E-state index contributed by atoms with van der Waals surface area (Å²) in [7, 11) is 0. The maximum Gasteiger partial charge on any atom is 0.280 e. The van der Waals surface area contributed by atoms with E-state index in [4.69, 9.17) is 16.1 Å². The zero-order chi connectivity index (χ0) is 15.6. The van der Waals surface area contributed by atoms with Gasteiger partial charge in [0, 0.05) is 10.6 Å². The summed E-state index contributed by atoms with van der Waals surface area (Å²) in [6.07, 6.45) is 1.74. The lowest BCUT2D eigenvalue weighted by Gasteiger charge is -1.96. The van der Waals surface area contributed by atoms with Gasteiger partial charge in [0.2, 0.25) is 5.82 Å². The zero-order valence-corrected chi connectivity index (χ0v) is 12.6. The number of rotatable bonds is 3. The molecule has 0 saturated carbocycles. The molecule has 23 heavy (non-hydrogen) atoms. The van der Waals surface area contributed by atoms with E-state index in [-0.39, 0.29) is 0 Å². The molecule has 0 fully saturated rings. The molecule has 0 aliphatic heterocycles. The van der Waals surface area contributed by atoms with Crippen molar-refractivity contribution in [2.45, 2.75) is 0 Å². The minimum Gasteiger partial charge on any atom is -0.332 e. The van der Waals surface area contributed by atoms with Crippen LogP contribution in [-0.2, 0) is 0 Å². The number of aromatic nitrogens is 5. The Kier molecular flexibility index (Phi) is 3.36. The third-order valence-corrected chi connectivity index (χ3v) is 3.51. The smallest absolute Gasteiger partial charge is 0.280 e. The summed E-state index contributed by atoms with van der Waals surface area (Å²) < 4.78 is 6.93. The summed E-state index contributed by atoms with van der Waals surface area (Å²) in [6.45, 7) is 0. The molecular weight excluding hydrogens is 314 g/mol. The van der Waals surface area contributed by atoms with Gasteiger partial charge in [-0.05, 0) is 36.4 Å². The van der Waals surface area contributed by atoms with Crippen LogP contribution in [0, 0.1) is 0 Å². The number of nitrogens with zero attached hydrogens (tertiary/aromatic N) is 5. The van der Waals surface area contributed by atoms with Crippen molar-refractivity contribution < 1.29 is 4.52 Å². The Balaban J connectivity index is 1.65. The molecule has 0 aliphatic rings. The Bertz CT molecular complexity index is 931. The summed E-state index contributed by atoms with van der Waals surface area (Å²) in [4.78, 5) is 4.35. The fraction of sp³-hybridized carbons (Fsp3) is 0. The van der Waals surface area contributed by atoms with E-state index in [2.05, 4.69) is 20.5 Å². The second-order valence-corrected chi connectivity index (χ2v) is 5.25. The van der Waals surface area contributed by atoms with Gasteiger partial charge in [-0.15, -0.1) is 5.10 Å². The zero-order valence-electron chi connectivity index (χ0n) is 11.8. The number of benzene rings is 2. The quantitative estimate of drug-likeness (QED) is 0.575. The highest BCUT2D eigenvalue weighted by molar-refractivity contribution is 6.30. The van der Waals surface area contributed by atoms with Gasteiger partial charge in [0.25, 0.3) is 5.89 Å². The number of halogens is 1. The Hall–Kier alpha value is -2.99. The average Bonchev–Trinajstić information content (AvgIpc) is 3.26. The van der Waals surface area contributed by atoms with Crippen molar-refractivity contribution in [1.82, 2.24) is 25.1 Å². The van der Waals surface area contributed by atoms with Gasteiger partial charge in [-0.3, -0.25) is 0 Å². The Morgan fingerprint density at radius 2 is 1.74 bits per heavy atom. The molecule has 2 aromatic heterocycles. The van der Waals surface area contributed by atoms with Crippen molar-refractivity contribution in [3.8, 4) is 28.7 Å². The third-order valence-electron chi connectivity index (χ3n) is 3.26. The van der Waals surface area contributed by atoms with Gasteiger partial charge in [-0.1, -0.05) is 40.2 Å². The lowest BCUT2D eigenvalue weighted by atomic mass is 10.2. The Morgan fingerprint density at radius 1 is 0.957 bits per heavy atom. The van der Waals surface area contributed by atoms with E-state index >= 15 is 0 Å². The van der Waals surface area contributed by atoms with Crippen LogP contribution in [0.15, 0.2) is 65.3 Å². The molecule has 2 heterocycles. The van der Waals surface area contributed by atoms with Gasteiger partial charge in [-0.2, -0.15) is 4.98 Å². The van der Waals surface area contributed by atoms with E-state index in [0.717, 1.165) is 11.3 Å². The van der Waals surface area contributed by atoms with Crippen LogP contribution in [0.2, 0.25) is 5.02 Å². The van der Waals surface area contributed by atoms with E-state index in [1.165, 1.54) is 0 Å². The van der Waals surface area contributed by atoms with E-state index in [9.17, 15) is 0 Å². The van der Waals surface area contributed by atoms with Crippen molar-refractivity contribution in [1.29, 1.82) is 0 Å². The van der Waals surface area contributed by atoms with Crippen LogP contribution in [0.25, 0.3) is 28.7 Å². The van der Waals surface area contributed by atoms with E-state index in [1.807, 2.05) is 42.5 Å². The molecule has 0 amide bonds. The second-order valence-electron chi connectivity index (χ2n) is 4.81. The van der Waals surface area contributed by atoms with Crippen molar-refractivity contribution in [2.75, 3.05) is 0 Å². The molecule has 112 valence electrons. The van der Waals surface area contributed by atoms with Crippen molar-refractivity contribution in [2.24, 2.45) is 0 Å². The van der Waals surface area contributed by atoms with E-state index in [1.54, 1.807) is 23.0 Å². The van der Waals surface area contributed by atoms with Gasteiger partial charge in [0.05, 0.1) is 11.9 Å². The summed E-state index contributed by atoms with van der Waals surface area (Å²) in [5, 5.41) is 12.8. The molecule has 0 unspecified atom stereocenters. The molecular formula is C16H10ClN5O. The van der Waals surface area contributed by atoms with E-state index in [0.29, 0.717) is 22.4 Å². The molecule has 6 nitrogen and oxygen atoms in total. The first-order chi connectivity index (χ1) is 11.3. The molecule has 0 N–H and O–H groups in total. The first kappa shape index (κ1) is 13.7. The summed E-state index contributed by atoms with van der Waals surface area (Å²) >= 11 is 5.88. The largest absolute Gasteiger partial charge is 0.332 e. The molecule has 0 aliphatic carbocycles. The maximum atomic E-state index is 5.88. The fourth-order valence-corrected chi connectivity index (χ4v) is 2.24. The van der Waals surface area contributed by atoms with Crippen LogP contribution in [0.4, 0.5) is 0 Å². The predicted molar refractivity (Wildman–Crippen MR) is 85.1 cm³/mol. The minimum absolute atomic E-state index is 0.317. The Labute approximate surface area is 136 Å². The van der Waals surface area contributed by atoms with Crippen molar-refractivity contribution in [3.63, 3.8) is 0 Å². The highest BCUT2D eigenvalue weighted by atomic mass is 35.5. The fourth-order valence-electron chi connectivity index (χ4n) is 2.11. The number of para-hydroxylation sites is 1. The molecule has 4 aromatic rings. The van der Waals surface area contributed by atoms with Gasteiger partial charge in [0.1, 0.15) is 0 Å². The SMILES string of the molecule is Clc1ccc(-c2noc(-c3cn(-c4ccccc4)nn3)n2)cc1. The normalized spacial score (nSPS) is 10.8. The van der Waals surface area contributed by atoms with Crippen LogP contribution in [0.5, 0.6) is 0 Å². The summed E-state index contributed by atoms with van der Waals surface area (Å²) in [5.74, 6) is 0.794. The van der Waals surface area contributed by atoms with Crippen molar-refractivity contribution >= 4 is 11.6 Å². The van der Waals surface area contributed by atoms with Crippen LogP contribution in [0.1, 0.15) is 0 Å². The molecule has 0 saturated heterocycles. The molecule has 0 spiro atoms. The second kappa shape index (κ2) is 5.66. The van der Waals surface area contributed by atoms with Crippen LogP contribution >= 0.6 is 11.6 Å². The summed E-state index contributed by atoms with van der Waals surface area (Å²) in [5.41, 5.74) is 2.24. The molecule has 0 bridgehead atoms. The van der Waals surface area contributed by atoms with Crippen LogP contribution in [-0.4, -0.2) is 25.1 Å². The van der Waals surface area contributed by atoms with Gasteiger partial charge in [-0.25, -0.2) is 4.68 Å². The summed E-state index contributed by atoms with van der Waals surface area (Å²) in [6, 6.07) is 16.9. The third kappa shape index (κ3) is 2.72. The average molecular weight is 324 g/mol. The van der Waals surface area contributed by atoms with Crippen LogP contribution in [0.3, 0.4) is 0 Å². The topological polar surface area (TPSA) is 69.6 Å². The van der Waals surface area contributed by atoms with Gasteiger partial charge < -0.3 is 4.52 Å². The standard InChI is InChI=1S/C16H10ClN5O/c17-12-8-6-11(7-9-12)15-18-16(23-20-15)14-10-22(21-19-14)13-4-2-1-3-5-13/h1-10H. The highest BCUT2D eigenvalue weighted by Gasteiger charge is 2.14. The maximum absolute atomic E-state index is 5.88. The lowest BCUT2D eigenvalue weighted by Crippen LogP contribution is -1.93. The van der Waals surface area contributed by atoms with Crippen LogP contribution < -0.4 is 0 Å². The van der Waals surface area contributed by atoms with Gasteiger partial charge >= 0.3 is 0 Å². The van der Waals surface area contributed by atoms with E-state index < -0.39 is 0 Å². The molecule has 7 heteroatoms. The number of hydrogen-bond acceptors (Lipinski definition) is 5. The number of hydrogen-bond donors (Lipinski definition) is 0. The Morgan fingerprint density at radius 3 is 2.52 bits per heavy atom. The molecule has 2 aromatic carbocycles. The molecule has 4 rings (SSSR count). The first-order valence-corrected chi connectivity index (χ1v) is 7.25. The lowest BCUT2D eigenvalue weighted by molar-refractivity contribution is 0.431. The van der Waals surface area contributed by atoms with Crippen molar-refractivity contribution in [3.05, 3.63) is 65.8 Å². The monoisotopic (exact) mass is 323 g/mol.